The summed E-state index contributed by atoms with van der Waals surface area (Å²) in [7, 11) is 0. The van der Waals surface area contributed by atoms with E-state index in [0.717, 1.165) is 6.07 Å². The number of ketones is 1. The van der Waals surface area contributed by atoms with Gasteiger partial charge in [0, 0.05) is 12.1 Å². The Balaban J connectivity index is 1.85. The lowest BCUT2D eigenvalue weighted by Crippen LogP contribution is -2.41. The Morgan fingerprint density at radius 2 is 1.81 bits per heavy atom. The largest absolute Gasteiger partial charge is 0.325 e. The molecule has 0 unspecified atom stereocenters. The molecule has 0 aliphatic carbocycles. The Morgan fingerprint density at radius 3 is 2.41 bits per heavy atom. The average Bonchev–Trinajstić information content (AvgIpc) is 2.86. The van der Waals surface area contributed by atoms with E-state index in [9.17, 15) is 28.9 Å². The van der Waals surface area contributed by atoms with Gasteiger partial charge in [0.25, 0.3) is 11.6 Å². The van der Waals surface area contributed by atoms with Crippen LogP contribution in [0.1, 0.15) is 22.8 Å². The highest BCUT2D eigenvalue weighted by atomic mass is 19.1. The summed E-state index contributed by atoms with van der Waals surface area (Å²) in [5.74, 6) is -2.16. The summed E-state index contributed by atoms with van der Waals surface area (Å²) in [6.45, 7) is 0.816. The molecular formula is C18H14FN3O5. The van der Waals surface area contributed by atoms with Crippen molar-refractivity contribution < 1.29 is 23.7 Å². The normalized spacial score (nSPS) is 19.1. The molecule has 1 atom stereocenters. The molecule has 2 aromatic rings. The molecule has 3 rings (SSSR count). The van der Waals surface area contributed by atoms with Crippen molar-refractivity contribution in [2.75, 3.05) is 6.54 Å². The molecule has 0 spiro atoms. The second-order valence-corrected chi connectivity index (χ2v) is 6.15. The maximum Gasteiger partial charge on any atom is 0.325 e. The third-order valence-electron chi connectivity index (χ3n) is 4.41. The van der Waals surface area contributed by atoms with Crippen molar-refractivity contribution in [3.05, 3.63) is 75.6 Å². The topological polar surface area (TPSA) is 110 Å². The molecular weight excluding hydrogens is 357 g/mol. The molecule has 3 amide bonds. The fourth-order valence-corrected chi connectivity index (χ4v) is 2.87. The highest BCUT2D eigenvalue weighted by Crippen LogP contribution is 2.30. The molecule has 2 aromatic carbocycles. The standard InChI is InChI=1S/C18H14FN3O5/c1-18(11-6-8-12(9-7-11)22(26)27)16(24)21(17(25)20-18)10-15(23)13-4-2-3-5-14(13)19/h2-9H,10H2,1H3,(H,20,25)/t18-/m1/s1. The molecule has 138 valence electrons. The molecule has 0 radical (unpaired) electrons. The Labute approximate surface area is 152 Å². The second kappa shape index (κ2) is 6.60. The number of carbonyl (C=O) groups excluding carboxylic acids is 3. The minimum atomic E-state index is -1.48. The van der Waals surface area contributed by atoms with Gasteiger partial charge in [0.15, 0.2) is 5.78 Å². The number of Topliss-reactive ketones (excluding diaryl/α,β-unsaturated/α-hetero) is 1. The zero-order valence-corrected chi connectivity index (χ0v) is 14.1. The van der Waals surface area contributed by atoms with Crippen molar-refractivity contribution in [1.29, 1.82) is 0 Å². The number of urea groups is 1. The highest BCUT2D eigenvalue weighted by molar-refractivity contribution is 6.11. The van der Waals surface area contributed by atoms with Gasteiger partial charge in [-0.3, -0.25) is 24.6 Å². The van der Waals surface area contributed by atoms with Crippen LogP contribution in [0.5, 0.6) is 0 Å². The Hall–Kier alpha value is -3.62. The van der Waals surface area contributed by atoms with Crippen molar-refractivity contribution in [3.8, 4) is 0 Å². The first-order valence-corrected chi connectivity index (χ1v) is 7.91. The fraction of sp³-hybridized carbons (Fsp3) is 0.167. The predicted octanol–water partition coefficient (Wildman–Crippen LogP) is 2.38. The van der Waals surface area contributed by atoms with Crippen LogP contribution in [0.25, 0.3) is 0 Å². The van der Waals surface area contributed by atoms with Gasteiger partial charge in [0.05, 0.1) is 17.0 Å². The number of nitro groups is 1. The third-order valence-corrected chi connectivity index (χ3v) is 4.41. The van der Waals surface area contributed by atoms with E-state index in [1.54, 1.807) is 0 Å². The van der Waals surface area contributed by atoms with Crippen LogP contribution in [0.2, 0.25) is 0 Å². The van der Waals surface area contributed by atoms with Crippen LogP contribution in [0.4, 0.5) is 14.9 Å². The van der Waals surface area contributed by atoms with Gasteiger partial charge < -0.3 is 5.32 Å². The molecule has 0 saturated carbocycles. The Bertz CT molecular complexity index is 960. The third kappa shape index (κ3) is 3.14. The summed E-state index contributed by atoms with van der Waals surface area (Å²) < 4.78 is 13.7. The van der Waals surface area contributed by atoms with Crippen molar-refractivity contribution >= 4 is 23.4 Å². The molecule has 0 bridgehead atoms. The summed E-state index contributed by atoms with van der Waals surface area (Å²) in [6.07, 6.45) is 0. The zero-order valence-electron chi connectivity index (χ0n) is 14.1. The summed E-state index contributed by atoms with van der Waals surface area (Å²) in [4.78, 5) is 48.2. The van der Waals surface area contributed by atoms with Crippen molar-refractivity contribution in [2.45, 2.75) is 12.5 Å². The van der Waals surface area contributed by atoms with Gasteiger partial charge in [-0.25, -0.2) is 9.18 Å². The van der Waals surface area contributed by atoms with E-state index in [1.807, 2.05) is 0 Å². The molecule has 1 N–H and O–H groups in total. The van der Waals surface area contributed by atoms with Crippen molar-refractivity contribution in [1.82, 2.24) is 10.2 Å². The van der Waals surface area contributed by atoms with Gasteiger partial charge in [-0.2, -0.15) is 0 Å². The Kier molecular flexibility index (Phi) is 4.44. The van der Waals surface area contributed by atoms with E-state index in [2.05, 4.69) is 5.32 Å². The summed E-state index contributed by atoms with van der Waals surface area (Å²) in [5, 5.41) is 13.2. The minimum Gasteiger partial charge on any atom is -0.319 e. The van der Waals surface area contributed by atoms with Crippen LogP contribution < -0.4 is 5.32 Å². The van der Waals surface area contributed by atoms with Crippen LogP contribution in [0, 0.1) is 15.9 Å². The van der Waals surface area contributed by atoms with E-state index < -0.39 is 40.5 Å². The molecule has 9 heteroatoms. The maximum absolute atomic E-state index is 13.7. The molecule has 8 nitrogen and oxygen atoms in total. The smallest absolute Gasteiger partial charge is 0.319 e. The molecule has 1 saturated heterocycles. The maximum atomic E-state index is 13.7. The van der Waals surface area contributed by atoms with Gasteiger partial charge in [-0.1, -0.05) is 12.1 Å². The SMILES string of the molecule is C[C@]1(c2ccc([N+](=O)[O-])cc2)NC(=O)N(CC(=O)c2ccccc2F)C1=O. The number of nitro benzene ring substituents is 1. The van der Waals surface area contributed by atoms with Crippen LogP contribution in [0.15, 0.2) is 48.5 Å². The first-order valence-electron chi connectivity index (χ1n) is 7.91. The minimum absolute atomic E-state index is 0.161. The number of non-ortho nitro benzene ring substituents is 1. The van der Waals surface area contributed by atoms with Gasteiger partial charge in [0.1, 0.15) is 11.4 Å². The van der Waals surface area contributed by atoms with E-state index in [1.165, 1.54) is 49.4 Å². The number of carbonyl (C=O) groups is 3. The molecule has 1 fully saturated rings. The monoisotopic (exact) mass is 371 g/mol. The van der Waals surface area contributed by atoms with Gasteiger partial charge in [-0.15, -0.1) is 0 Å². The lowest BCUT2D eigenvalue weighted by Gasteiger charge is -2.22. The lowest BCUT2D eigenvalue weighted by molar-refractivity contribution is -0.384. The average molecular weight is 371 g/mol. The first-order chi connectivity index (χ1) is 12.7. The Morgan fingerprint density at radius 1 is 1.19 bits per heavy atom. The number of hydrogen-bond acceptors (Lipinski definition) is 5. The highest BCUT2D eigenvalue weighted by Gasteiger charge is 2.49. The van der Waals surface area contributed by atoms with Crippen LogP contribution >= 0.6 is 0 Å². The zero-order chi connectivity index (χ0) is 19.8. The van der Waals surface area contributed by atoms with Gasteiger partial charge >= 0.3 is 6.03 Å². The molecule has 27 heavy (non-hydrogen) atoms. The van der Waals surface area contributed by atoms with E-state index in [-0.39, 0.29) is 11.3 Å². The number of benzene rings is 2. The number of rotatable bonds is 5. The summed E-state index contributed by atoms with van der Waals surface area (Å²) in [5.41, 5.74) is -1.54. The molecule has 1 heterocycles. The molecule has 0 aromatic heterocycles. The number of amides is 3. The van der Waals surface area contributed by atoms with E-state index in [4.69, 9.17) is 0 Å². The molecule has 1 aliphatic rings. The molecule has 1 aliphatic heterocycles. The number of nitrogens with zero attached hydrogens (tertiary/aromatic N) is 2. The number of hydrogen-bond donors (Lipinski definition) is 1. The van der Waals surface area contributed by atoms with E-state index in [0.29, 0.717) is 10.5 Å². The summed E-state index contributed by atoms with van der Waals surface area (Å²) >= 11 is 0. The van der Waals surface area contributed by atoms with Crippen LogP contribution in [-0.2, 0) is 10.3 Å². The lowest BCUT2D eigenvalue weighted by atomic mass is 9.92. The number of nitrogens with one attached hydrogen (secondary N) is 1. The van der Waals surface area contributed by atoms with Gasteiger partial charge in [-0.05, 0) is 36.8 Å². The van der Waals surface area contributed by atoms with Crippen LogP contribution in [-0.4, -0.2) is 34.1 Å². The second-order valence-electron chi connectivity index (χ2n) is 6.15. The number of imide groups is 1. The summed E-state index contributed by atoms with van der Waals surface area (Å²) in [6, 6.07) is 9.63. The van der Waals surface area contributed by atoms with Crippen LogP contribution in [0.3, 0.4) is 0 Å². The number of halogens is 1. The predicted molar refractivity (Wildman–Crippen MR) is 91.4 cm³/mol. The first kappa shape index (κ1) is 18.2. The van der Waals surface area contributed by atoms with Crippen molar-refractivity contribution in [2.24, 2.45) is 0 Å². The quantitative estimate of drug-likeness (QED) is 0.376. The van der Waals surface area contributed by atoms with Gasteiger partial charge in [0.2, 0.25) is 0 Å². The van der Waals surface area contributed by atoms with Crippen molar-refractivity contribution in [3.63, 3.8) is 0 Å². The van der Waals surface area contributed by atoms with E-state index >= 15 is 0 Å². The fourth-order valence-electron chi connectivity index (χ4n) is 2.87.